The molecule has 1 atom stereocenters. The third kappa shape index (κ3) is 7.78. The highest BCUT2D eigenvalue weighted by Gasteiger charge is 2.33. The van der Waals surface area contributed by atoms with E-state index in [4.69, 9.17) is 4.74 Å². The van der Waals surface area contributed by atoms with Crippen LogP contribution in [0.3, 0.4) is 0 Å². The summed E-state index contributed by atoms with van der Waals surface area (Å²) in [6.45, 7) is 1.91. The first-order valence-corrected chi connectivity index (χ1v) is 11.9. The molecule has 2 aromatic rings. The van der Waals surface area contributed by atoms with Crippen LogP contribution >= 0.6 is 0 Å². The molecule has 11 heteroatoms. The first-order chi connectivity index (χ1) is 15.7. The highest BCUT2D eigenvalue weighted by atomic mass is 32.2. The number of carbonyl (C=O) groups excluding carboxylic acids is 1. The van der Waals surface area contributed by atoms with Crippen LogP contribution in [-0.4, -0.2) is 56.2 Å². The first-order valence-electron chi connectivity index (χ1n) is 10.7. The first kappa shape index (κ1) is 25.1. The summed E-state index contributed by atoms with van der Waals surface area (Å²) in [4.78, 5) is 22.2. The summed E-state index contributed by atoms with van der Waals surface area (Å²) in [6, 6.07) is 5.16. The predicted molar refractivity (Wildman–Crippen MR) is 117 cm³/mol. The van der Waals surface area contributed by atoms with E-state index < -0.39 is 29.6 Å². The van der Waals surface area contributed by atoms with E-state index in [9.17, 15) is 22.2 Å². The zero-order valence-electron chi connectivity index (χ0n) is 18.3. The number of hydrogen-bond donors (Lipinski definition) is 1. The number of aromatic nitrogens is 2. The standard InChI is InChI=1S/C22H27F3N4O3S/c1-2-16-11-26-8-5-17(16)14-32-21(30)28-12-18-3-4-20(13-27-18)33(31)19-6-9-29(10-7-19)15-22(23,24)25/h3-5,8,11,13,19H,2,6-7,9-10,12,14-15H2,1H3,(H,28,30). The fourth-order valence-electron chi connectivity index (χ4n) is 3.63. The molecule has 1 aliphatic rings. The number of alkyl carbamates (subject to hydrolysis) is 1. The van der Waals surface area contributed by atoms with Crippen LogP contribution < -0.4 is 5.32 Å². The van der Waals surface area contributed by atoms with Gasteiger partial charge in [-0.15, -0.1) is 0 Å². The van der Waals surface area contributed by atoms with Crippen molar-refractivity contribution >= 4 is 16.9 Å². The van der Waals surface area contributed by atoms with Crippen molar-refractivity contribution < 1.29 is 26.9 Å². The number of ether oxygens (including phenoxy) is 1. The average molecular weight is 485 g/mol. The molecule has 1 aliphatic heterocycles. The topological polar surface area (TPSA) is 84.4 Å². The van der Waals surface area contributed by atoms with E-state index in [-0.39, 0.29) is 31.5 Å². The van der Waals surface area contributed by atoms with E-state index in [0.717, 1.165) is 17.5 Å². The van der Waals surface area contributed by atoms with Crippen molar-refractivity contribution in [1.29, 1.82) is 0 Å². The Balaban J connectivity index is 1.43. The molecule has 7 nitrogen and oxygen atoms in total. The summed E-state index contributed by atoms with van der Waals surface area (Å²) < 4.78 is 55.6. The molecule has 1 saturated heterocycles. The highest BCUT2D eigenvalue weighted by molar-refractivity contribution is 7.85. The average Bonchev–Trinajstić information content (AvgIpc) is 2.81. The lowest BCUT2D eigenvalue weighted by Crippen LogP contribution is -2.42. The van der Waals surface area contributed by atoms with Gasteiger partial charge in [0.25, 0.3) is 0 Å². The lowest BCUT2D eigenvalue weighted by atomic mass is 10.1. The van der Waals surface area contributed by atoms with Crippen LogP contribution in [0.25, 0.3) is 0 Å². The van der Waals surface area contributed by atoms with Crippen molar-refractivity contribution in [2.24, 2.45) is 0 Å². The minimum atomic E-state index is -4.22. The van der Waals surface area contributed by atoms with Gasteiger partial charge in [-0.3, -0.25) is 19.1 Å². The molecule has 0 spiro atoms. The molecule has 0 aliphatic carbocycles. The smallest absolute Gasteiger partial charge is 0.407 e. The molecular weight excluding hydrogens is 457 g/mol. The Morgan fingerprint density at radius 2 is 1.97 bits per heavy atom. The Morgan fingerprint density at radius 3 is 2.61 bits per heavy atom. The number of nitrogens with one attached hydrogen (secondary N) is 1. The minimum Gasteiger partial charge on any atom is -0.445 e. The van der Waals surface area contributed by atoms with Gasteiger partial charge < -0.3 is 10.1 Å². The number of piperidine rings is 1. The van der Waals surface area contributed by atoms with Gasteiger partial charge in [0, 0.05) is 23.8 Å². The van der Waals surface area contributed by atoms with Crippen LogP contribution in [0.5, 0.6) is 0 Å². The second-order valence-corrected chi connectivity index (χ2v) is 9.53. The monoisotopic (exact) mass is 484 g/mol. The molecule has 180 valence electrons. The van der Waals surface area contributed by atoms with E-state index in [1.54, 1.807) is 24.5 Å². The summed E-state index contributed by atoms with van der Waals surface area (Å²) in [7, 11) is -1.34. The highest BCUT2D eigenvalue weighted by Crippen LogP contribution is 2.24. The molecule has 0 bridgehead atoms. The molecule has 33 heavy (non-hydrogen) atoms. The molecule has 3 rings (SSSR count). The normalized spacial score (nSPS) is 16.4. The maximum absolute atomic E-state index is 12.8. The van der Waals surface area contributed by atoms with Gasteiger partial charge in [-0.05, 0) is 61.7 Å². The maximum atomic E-state index is 12.8. The van der Waals surface area contributed by atoms with E-state index >= 15 is 0 Å². The molecule has 0 radical (unpaired) electrons. The Labute approximate surface area is 193 Å². The van der Waals surface area contributed by atoms with Crippen LogP contribution in [0.2, 0.25) is 0 Å². The van der Waals surface area contributed by atoms with Crippen molar-refractivity contribution in [3.8, 4) is 0 Å². The Kier molecular flexibility index (Phi) is 8.79. The van der Waals surface area contributed by atoms with E-state index in [2.05, 4.69) is 15.3 Å². The second-order valence-electron chi connectivity index (χ2n) is 7.80. The van der Waals surface area contributed by atoms with E-state index in [1.807, 2.05) is 13.0 Å². The van der Waals surface area contributed by atoms with Crippen molar-refractivity contribution in [2.75, 3.05) is 19.6 Å². The number of halogens is 3. The third-order valence-corrected chi connectivity index (χ3v) is 7.21. The van der Waals surface area contributed by atoms with Gasteiger partial charge in [-0.25, -0.2) is 4.79 Å². The predicted octanol–water partition coefficient (Wildman–Crippen LogP) is 3.60. The Morgan fingerprint density at radius 1 is 1.21 bits per heavy atom. The lowest BCUT2D eigenvalue weighted by Gasteiger charge is -2.31. The second kappa shape index (κ2) is 11.6. The fraction of sp³-hybridized carbons (Fsp3) is 0.500. The summed E-state index contributed by atoms with van der Waals surface area (Å²) >= 11 is 0. The summed E-state index contributed by atoms with van der Waals surface area (Å²) in [5.74, 6) is 0. The van der Waals surface area contributed by atoms with Gasteiger partial charge in [0.2, 0.25) is 0 Å². The summed E-state index contributed by atoms with van der Waals surface area (Å²) in [6.07, 6.45) is 1.76. The van der Waals surface area contributed by atoms with Gasteiger partial charge in [0.1, 0.15) is 6.61 Å². The van der Waals surface area contributed by atoms with Gasteiger partial charge in [-0.1, -0.05) is 6.92 Å². The van der Waals surface area contributed by atoms with Crippen LogP contribution in [-0.2, 0) is 35.1 Å². The molecule has 0 aromatic carbocycles. The molecule has 1 N–H and O–H groups in total. The number of alkyl halides is 3. The number of aryl methyl sites for hydroxylation is 1. The molecule has 1 amide bonds. The number of hydrogen-bond acceptors (Lipinski definition) is 6. The molecule has 3 heterocycles. The van der Waals surface area contributed by atoms with Crippen LogP contribution in [0.4, 0.5) is 18.0 Å². The molecular formula is C22H27F3N4O3S. The quantitative estimate of drug-likeness (QED) is 0.617. The van der Waals surface area contributed by atoms with Crippen LogP contribution in [0, 0.1) is 0 Å². The van der Waals surface area contributed by atoms with Crippen LogP contribution in [0.15, 0.2) is 41.7 Å². The van der Waals surface area contributed by atoms with Gasteiger partial charge in [-0.2, -0.15) is 13.2 Å². The number of nitrogens with zero attached hydrogens (tertiary/aromatic N) is 3. The largest absolute Gasteiger partial charge is 0.445 e. The summed E-state index contributed by atoms with van der Waals surface area (Å²) in [5, 5.41) is 2.43. The third-order valence-electron chi connectivity index (χ3n) is 5.43. The zero-order valence-corrected chi connectivity index (χ0v) is 19.1. The van der Waals surface area contributed by atoms with E-state index in [0.29, 0.717) is 23.4 Å². The van der Waals surface area contributed by atoms with Gasteiger partial charge in [0.15, 0.2) is 0 Å². The number of carbonyl (C=O) groups is 1. The van der Waals surface area contributed by atoms with E-state index in [1.165, 1.54) is 11.1 Å². The molecule has 2 aromatic heterocycles. The molecule has 0 saturated carbocycles. The Bertz CT molecular complexity index is 949. The SMILES string of the molecule is CCc1cnccc1COC(=O)NCc1ccc(S(=O)C2CCN(CC(F)(F)F)CC2)cn1. The van der Waals surface area contributed by atoms with Crippen LogP contribution in [0.1, 0.15) is 36.6 Å². The summed E-state index contributed by atoms with van der Waals surface area (Å²) in [5.41, 5.74) is 2.49. The fourth-order valence-corrected chi connectivity index (χ4v) is 5.02. The van der Waals surface area contributed by atoms with Crippen molar-refractivity contribution in [1.82, 2.24) is 20.2 Å². The Hall–Kier alpha value is -2.53. The lowest BCUT2D eigenvalue weighted by molar-refractivity contribution is -0.147. The zero-order chi connectivity index (χ0) is 23.8. The maximum Gasteiger partial charge on any atom is 0.407 e. The van der Waals surface area contributed by atoms with Crippen molar-refractivity contribution in [3.63, 3.8) is 0 Å². The minimum absolute atomic E-state index is 0.144. The van der Waals surface area contributed by atoms with Crippen molar-refractivity contribution in [2.45, 2.75) is 55.7 Å². The molecule has 1 unspecified atom stereocenters. The molecule has 1 fully saturated rings. The van der Waals surface area contributed by atoms with Crippen molar-refractivity contribution in [3.05, 3.63) is 53.6 Å². The van der Waals surface area contributed by atoms with Gasteiger partial charge >= 0.3 is 12.3 Å². The number of amides is 1. The number of pyridine rings is 2. The van der Waals surface area contributed by atoms with Gasteiger partial charge in [0.05, 0.1) is 34.5 Å². The number of rotatable bonds is 8. The number of likely N-dealkylation sites (tertiary alicyclic amines) is 1.